The van der Waals surface area contributed by atoms with Gasteiger partial charge in [-0.15, -0.1) is 0 Å². The number of hydrogen-bond donors (Lipinski definition) is 0. The lowest BCUT2D eigenvalue weighted by Gasteiger charge is -2.33. The van der Waals surface area contributed by atoms with Gasteiger partial charge in [-0.1, -0.05) is 38.8 Å². The normalized spacial score (nSPS) is 12.9. The standard InChI is InChI=1S/C29H39N3O4/c1-6-9-12-22(7-2)28(33)31(19-20-35-5)21(4)27-30-26-14-11-10-13-25(26)29(34)32(27)23-15-17-24(18-16-23)36-8-3/h10-11,13-18,21-22H,6-9,12,19-20H2,1-5H3. The van der Waals surface area contributed by atoms with E-state index in [1.165, 1.54) is 0 Å². The maximum Gasteiger partial charge on any atom is 0.266 e. The first-order valence-corrected chi connectivity index (χ1v) is 13.0. The van der Waals surface area contributed by atoms with Gasteiger partial charge in [-0.25, -0.2) is 4.98 Å². The van der Waals surface area contributed by atoms with Gasteiger partial charge in [0.25, 0.3) is 5.56 Å². The summed E-state index contributed by atoms with van der Waals surface area (Å²) in [6.07, 6.45) is 3.66. The fraction of sp³-hybridized carbons (Fsp3) is 0.483. The summed E-state index contributed by atoms with van der Waals surface area (Å²) in [6.45, 7) is 9.46. The van der Waals surface area contributed by atoms with E-state index in [4.69, 9.17) is 14.5 Å². The molecule has 36 heavy (non-hydrogen) atoms. The fourth-order valence-electron chi connectivity index (χ4n) is 4.55. The molecule has 0 aliphatic heterocycles. The van der Waals surface area contributed by atoms with Crippen LogP contribution < -0.4 is 10.3 Å². The van der Waals surface area contributed by atoms with E-state index in [0.717, 1.165) is 31.4 Å². The molecule has 0 radical (unpaired) electrons. The number of para-hydroxylation sites is 1. The number of unbranched alkanes of at least 4 members (excludes halogenated alkanes) is 1. The van der Waals surface area contributed by atoms with Gasteiger partial charge in [-0.3, -0.25) is 14.2 Å². The molecule has 0 N–H and O–H groups in total. The Balaban J connectivity index is 2.15. The molecule has 7 nitrogen and oxygen atoms in total. The number of nitrogens with zero attached hydrogens (tertiary/aromatic N) is 3. The number of rotatable bonds is 13. The van der Waals surface area contributed by atoms with Crippen LogP contribution in [-0.4, -0.2) is 47.2 Å². The van der Waals surface area contributed by atoms with Crippen molar-refractivity contribution >= 4 is 16.8 Å². The van der Waals surface area contributed by atoms with Crippen LogP contribution in [0.5, 0.6) is 5.75 Å². The van der Waals surface area contributed by atoms with Crippen LogP contribution >= 0.6 is 0 Å². The summed E-state index contributed by atoms with van der Waals surface area (Å²) in [5.41, 5.74) is 1.13. The van der Waals surface area contributed by atoms with Gasteiger partial charge in [0.15, 0.2) is 0 Å². The third-order valence-electron chi connectivity index (χ3n) is 6.62. The van der Waals surface area contributed by atoms with E-state index < -0.39 is 6.04 Å². The Hall–Kier alpha value is -3.19. The molecule has 0 saturated heterocycles. The molecule has 2 unspecified atom stereocenters. The predicted molar refractivity (Wildman–Crippen MR) is 144 cm³/mol. The Morgan fingerprint density at radius 3 is 2.44 bits per heavy atom. The minimum Gasteiger partial charge on any atom is -0.494 e. The Bertz CT molecular complexity index is 1190. The van der Waals surface area contributed by atoms with Crippen LogP contribution in [0.2, 0.25) is 0 Å². The van der Waals surface area contributed by atoms with Crippen LogP contribution in [0, 0.1) is 5.92 Å². The van der Waals surface area contributed by atoms with Crippen molar-refractivity contribution in [2.45, 2.75) is 59.4 Å². The predicted octanol–water partition coefficient (Wildman–Crippen LogP) is 5.54. The SMILES string of the molecule is CCCCC(CC)C(=O)N(CCOC)C(C)c1nc2ccccc2c(=O)n1-c1ccc(OCC)cc1. The highest BCUT2D eigenvalue weighted by Gasteiger charge is 2.30. The number of methoxy groups -OCH3 is 1. The third-order valence-corrected chi connectivity index (χ3v) is 6.62. The van der Waals surface area contributed by atoms with Crippen LogP contribution in [0.25, 0.3) is 16.6 Å². The first-order valence-electron chi connectivity index (χ1n) is 13.0. The van der Waals surface area contributed by atoms with E-state index in [2.05, 4.69) is 13.8 Å². The highest BCUT2D eigenvalue weighted by atomic mass is 16.5. The molecule has 1 amide bonds. The van der Waals surface area contributed by atoms with Gasteiger partial charge in [0.2, 0.25) is 5.91 Å². The first kappa shape index (κ1) is 27.4. The van der Waals surface area contributed by atoms with Crippen LogP contribution in [0.4, 0.5) is 0 Å². The van der Waals surface area contributed by atoms with Gasteiger partial charge in [-0.05, 0) is 63.1 Å². The van der Waals surface area contributed by atoms with Crippen molar-refractivity contribution in [3.05, 3.63) is 64.7 Å². The number of carbonyl (C=O) groups excluding carboxylic acids is 1. The smallest absolute Gasteiger partial charge is 0.266 e. The lowest BCUT2D eigenvalue weighted by Crippen LogP contribution is -2.42. The van der Waals surface area contributed by atoms with Crippen LogP contribution in [0.3, 0.4) is 0 Å². The zero-order valence-electron chi connectivity index (χ0n) is 22.2. The summed E-state index contributed by atoms with van der Waals surface area (Å²) < 4.78 is 12.6. The summed E-state index contributed by atoms with van der Waals surface area (Å²) >= 11 is 0. The van der Waals surface area contributed by atoms with E-state index in [1.54, 1.807) is 17.7 Å². The molecule has 0 fully saturated rings. The highest BCUT2D eigenvalue weighted by Crippen LogP contribution is 2.27. The molecule has 1 heterocycles. The molecule has 194 valence electrons. The summed E-state index contributed by atoms with van der Waals surface area (Å²) in [5.74, 6) is 1.26. The van der Waals surface area contributed by atoms with Gasteiger partial charge in [0.1, 0.15) is 11.6 Å². The zero-order valence-corrected chi connectivity index (χ0v) is 22.2. The zero-order chi connectivity index (χ0) is 26.1. The average Bonchev–Trinajstić information content (AvgIpc) is 2.90. The Labute approximate surface area is 214 Å². The molecule has 0 spiro atoms. The monoisotopic (exact) mass is 493 g/mol. The maximum atomic E-state index is 13.8. The molecule has 3 rings (SSSR count). The Morgan fingerprint density at radius 1 is 1.08 bits per heavy atom. The summed E-state index contributed by atoms with van der Waals surface area (Å²) in [6, 6.07) is 14.3. The Morgan fingerprint density at radius 2 is 1.81 bits per heavy atom. The van der Waals surface area contributed by atoms with Gasteiger partial charge in [0, 0.05) is 19.6 Å². The second-order valence-corrected chi connectivity index (χ2v) is 9.00. The van der Waals surface area contributed by atoms with Crippen molar-refractivity contribution in [1.29, 1.82) is 0 Å². The highest BCUT2D eigenvalue weighted by molar-refractivity contribution is 5.80. The topological polar surface area (TPSA) is 73.7 Å². The lowest BCUT2D eigenvalue weighted by atomic mass is 9.97. The number of hydrogen-bond acceptors (Lipinski definition) is 5. The number of carbonyl (C=O) groups is 1. The van der Waals surface area contributed by atoms with E-state index >= 15 is 0 Å². The van der Waals surface area contributed by atoms with E-state index in [1.807, 2.05) is 61.2 Å². The second-order valence-electron chi connectivity index (χ2n) is 9.00. The number of fused-ring (bicyclic) bond motifs is 1. The first-order chi connectivity index (χ1) is 17.5. The van der Waals surface area contributed by atoms with Gasteiger partial charge >= 0.3 is 0 Å². The van der Waals surface area contributed by atoms with Crippen molar-refractivity contribution in [3.8, 4) is 11.4 Å². The van der Waals surface area contributed by atoms with E-state index in [9.17, 15) is 9.59 Å². The van der Waals surface area contributed by atoms with Crippen LogP contribution in [-0.2, 0) is 9.53 Å². The van der Waals surface area contributed by atoms with Crippen molar-refractivity contribution in [1.82, 2.24) is 14.5 Å². The maximum absolute atomic E-state index is 13.8. The minimum atomic E-state index is -0.438. The fourth-order valence-corrected chi connectivity index (χ4v) is 4.55. The quantitative estimate of drug-likeness (QED) is 0.313. The number of benzene rings is 2. The van der Waals surface area contributed by atoms with Crippen LogP contribution in [0.1, 0.15) is 65.2 Å². The second kappa shape index (κ2) is 13.2. The van der Waals surface area contributed by atoms with Crippen molar-refractivity contribution < 1.29 is 14.3 Å². The molecule has 2 atom stereocenters. The van der Waals surface area contributed by atoms with Crippen molar-refractivity contribution in [3.63, 3.8) is 0 Å². The summed E-state index contributed by atoms with van der Waals surface area (Å²) in [5, 5.41) is 0.534. The molecule has 0 saturated carbocycles. The molecule has 1 aromatic heterocycles. The lowest BCUT2D eigenvalue weighted by molar-refractivity contribution is -0.139. The third kappa shape index (κ3) is 6.13. The molecular formula is C29H39N3O4. The molecule has 0 aliphatic carbocycles. The van der Waals surface area contributed by atoms with Crippen LogP contribution in [0.15, 0.2) is 53.3 Å². The van der Waals surface area contributed by atoms with Gasteiger partial charge in [-0.2, -0.15) is 0 Å². The van der Waals surface area contributed by atoms with E-state index in [0.29, 0.717) is 42.2 Å². The number of ether oxygens (including phenoxy) is 2. The van der Waals surface area contributed by atoms with Crippen molar-refractivity contribution in [2.24, 2.45) is 5.92 Å². The molecule has 0 aliphatic rings. The number of aromatic nitrogens is 2. The molecule has 0 bridgehead atoms. The average molecular weight is 494 g/mol. The minimum absolute atomic E-state index is 0.0737. The summed E-state index contributed by atoms with van der Waals surface area (Å²) in [4.78, 5) is 34.3. The Kier molecular flexibility index (Phi) is 10.1. The molecule has 3 aromatic rings. The largest absolute Gasteiger partial charge is 0.494 e. The summed E-state index contributed by atoms with van der Waals surface area (Å²) in [7, 11) is 1.63. The van der Waals surface area contributed by atoms with E-state index in [-0.39, 0.29) is 17.4 Å². The number of amides is 1. The van der Waals surface area contributed by atoms with Gasteiger partial charge in [0.05, 0.1) is 35.8 Å². The molecule has 7 heteroatoms. The van der Waals surface area contributed by atoms with Gasteiger partial charge < -0.3 is 14.4 Å². The molecule has 2 aromatic carbocycles. The van der Waals surface area contributed by atoms with Crippen molar-refractivity contribution in [2.75, 3.05) is 26.9 Å². The molecular weight excluding hydrogens is 454 g/mol.